The Labute approximate surface area is 91.0 Å². The van der Waals surface area contributed by atoms with E-state index in [2.05, 4.69) is 9.97 Å². The maximum atomic E-state index is 10.9. The maximum Gasteiger partial charge on any atom is 0.355 e. The molecule has 0 bridgehead atoms. The minimum atomic E-state index is -1.20. The lowest BCUT2D eigenvalue weighted by Crippen LogP contribution is -2.04. The normalized spacial score (nSPS) is 10.0. The molecular weight excluding hydrogens is 208 g/mol. The van der Waals surface area contributed by atoms with Crippen molar-refractivity contribution in [2.75, 3.05) is 0 Å². The Morgan fingerprint density at radius 2 is 1.88 bits per heavy atom. The van der Waals surface area contributed by atoms with E-state index in [0.717, 1.165) is 0 Å². The fourth-order valence-electron chi connectivity index (χ4n) is 1.36. The van der Waals surface area contributed by atoms with Gasteiger partial charge in [0.15, 0.2) is 5.69 Å². The first-order chi connectivity index (χ1) is 7.68. The van der Waals surface area contributed by atoms with Crippen LogP contribution in [0.3, 0.4) is 0 Å². The second kappa shape index (κ2) is 3.98. The molecule has 0 saturated carbocycles. The quantitative estimate of drug-likeness (QED) is 0.795. The molecule has 2 aromatic rings. The molecule has 0 saturated heterocycles. The van der Waals surface area contributed by atoms with Crippen LogP contribution in [0.2, 0.25) is 0 Å². The second-order valence-electron chi connectivity index (χ2n) is 3.10. The van der Waals surface area contributed by atoms with Gasteiger partial charge in [0, 0.05) is 11.8 Å². The monoisotopic (exact) mass is 216 g/mol. The highest BCUT2D eigenvalue weighted by molar-refractivity contribution is 5.93. The molecule has 2 N–H and O–H groups in total. The van der Waals surface area contributed by atoms with Crippen LogP contribution in [0.5, 0.6) is 6.01 Å². The molecule has 0 aliphatic rings. The molecule has 5 nitrogen and oxygen atoms in total. The van der Waals surface area contributed by atoms with Gasteiger partial charge in [-0.05, 0) is 5.56 Å². The number of carbonyl (C=O) groups is 1. The van der Waals surface area contributed by atoms with Crippen molar-refractivity contribution < 1.29 is 15.0 Å². The van der Waals surface area contributed by atoms with Crippen LogP contribution in [0.1, 0.15) is 10.5 Å². The molecule has 0 atom stereocenters. The number of benzene rings is 1. The maximum absolute atomic E-state index is 10.9. The number of rotatable bonds is 2. The molecule has 2 rings (SSSR count). The van der Waals surface area contributed by atoms with Crippen molar-refractivity contribution in [3.63, 3.8) is 0 Å². The van der Waals surface area contributed by atoms with Crippen molar-refractivity contribution in [2.45, 2.75) is 0 Å². The molecule has 0 spiro atoms. The summed E-state index contributed by atoms with van der Waals surface area (Å²) in [5.74, 6) is -1.20. The van der Waals surface area contributed by atoms with E-state index in [4.69, 9.17) is 10.2 Å². The highest BCUT2D eigenvalue weighted by Gasteiger charge is 2.14. The molecule has 5 heteroatoms. The van der Waals surface area contributed by atoms with Crippen LogP contribution >= 0.6 is 0 Å². The van der Waals surface area contributed by atoms with Gasteiger partial charge in [-0.2, -0.15) is 4.98 Å². The zero-order valence-electron chi connectivity index (χ0n) is 8.16. The van der Waals surface area contributed by atoms with E-state index in [1.165, 1.54) is 6.20 Å². The average Bonchev–Trinajstić information content (AvgIpc) is 2.30. The van der Waals surface area contributed by atoms with Crippen LogP contribution in [-0.2, 0) is 0 Å². The van der Waals surface area contributed by atoms with E-state index < -0.39 is 12.0 Å². The highest BCUT2D eigenvalue weighted by atomic mass is 16.4. The molecule has 1 heterocycles. The summed E-state index contributed by atoms with van der Waals surface area (Å²) in [7, 11) is 0. The van der Waals surface area contributed by atoms with Crippen molar-refractivity contribution in [3.05, 3.63) is 42.2 Å². The number of nitrogens with zero attached hydrogens (tertiary/aromatic N) is 2. The molecule has 0 aliphatic heterocycles. The Kier molecular flexibility index (Phi) is 2.51. The van der Waals surface area contributed by atoms with Gasteiger partial charge in [0.1, 0.15) is 0 Å². The summed E-state index contributed by atoms with van der Waals surface area (Å²) < 4.78 is 0. The Morgan fingerprint density at radius 3 is 2.50 bits per heavy atom. The molecule has 80 valence electrons. The number of carboxylic acid groups (broad SMARTS) is 1. The van der Waals surface area contributed by atoms with Crippen molar-refractivity contribution >= 4 is 5.97 Å². The fourth-order valence-corrected chi connectivity index (χ4v) is 1.36. The smallest absolute Gasteiger partial charge is 0.355 e. The van der Waals surface area contributed by atoms with Crippen LogP contribution in [0.15, 0.2) is 36.5 Å². The Balaban J connectivity index is 2.61. The largest absolute Gasteiger partial charge is 0.479 e. The standard InChI is InChI=1S/C11H8N2O3/c14-10(15)9-8(6-12-11(16)13-9)7-4-2-1-3-5-7/h1-6H,(H,14,15)(H,12,13,16). The van der Waals surface area contributed by atoms with E-state index in [-0.39, 0.29) is 5.69 Å². The zero-order chi connectivity index (χ0) is 11.5. The van der Waals surface area contributed by atoms with E-state index in [0.29, 0.717) is 11.1 Å². The van der Waals surface area contributed by atoms with Gasteiger partial charge in [-0.15, -0.1) is 0 Å². The SMILES string of the molecule is O=C(O)c1nc(O)ncc1-c1ccccc1. The third kappa shape index (κ3) is 1.83. The van der Waals surface area contributed by atoms with Crippen molar-refractivity contribution in [2.24, 2.45) is 0 Å². The number of carboxylic acids is 1. The van der Waals surface area contributed by atoms with Crippen LogP contribution < -0.4 is 0 Å². The second-order valence-corrected chi connectivity index (χ2v) is 3.10. The number of aromatic carboxylic acids is 1. The lowest BCUT2D eigenvalue weighted by molar-refractivity contribution is 0.0690. The Bertz CT molecular complexity index is 526. The van der Waals surface area contributed by atoms with Gasteiger partial charge in [-0.25, -0.2) is 9.78 Å². The van der Waals surface area contributed by atoms with E-state index in [1.54, 1.807) is 24.3 Å². The lowest BCUT2D eigenvalue weighted by Gasteiger charge is -2.04. The minimum absolute atomic E-state index is 0.210. The predicted octanol–water partition coefficient (Wildman–Crippen LogP) is 1.55. The van der Waals surface area contributed by atoms with Crippen molar-refractivity contribution in [3.8, 4) is 17.1 Å². The summed E-state index contributed by atoms with van der Waals surface area (Å²) in [4.78, 5) is 18.0. The summed E-state index contributed by atoms with van der Waals surface area (Å²) in [5, 5.41) is 18.0. The summed E-state index contributed by atoms with van der Waals surface area (Å²) >= 11 is 0. The summed E-state index contributed by atoms with van der Waals surface area (Å²) in [6.45, 7) is 0. The number of hydrogen-bond donors (Lipinski definition) is 2. The van der Waals surface area contributed by atoms with E-state index >= 15 is 0 Å². The fraction of sp³-hybridized carbons (Fsp3) is 0. The topological polar surface area (TPSA) is 83.3 Å². The van der Waals surface area contributed by atoms with Gasteiger partial charge in [0.2, 0.25) is 0 Å². The summed E-state index contributed by atoms with van der Waals surface area (Å²) in [6, 6.07) is 8.36. The van der Waals surface area contributed by atoms with Gasteiger partial charge in [-0.1, -0.05) is 30.3 Å². The molecule has 0 radical (unpaired) electrons. The minimum Gasteiger partial charge on any atom is -0.479 e. The first-order valence-electron chi connectivity index (χ1n) is 4.53. The van der Waals surface area contributed by atoms with Gasteiger partial charge >= 0.3 is 12.0 Å². The molecule has 0 fully saturated rings. The van der Waals surface area contributed by atoms with E-state index in [1.807, 2.05) is 6.07 Å². The van der Waals surface area contributed by atoms with Crippen LogP contribution in [0.25, 0.3) is 11.1 Å². The molecular formula is C11H8N2O3. The summed E-state index contributed by atoms with van der Waals surface area (Å²) in [5.41, 5.74) is 0.865. The molecule has 0 aliphatic carbocycles. The molecule has 0 amide bonds. The van der Waals surface area contributed by atoms with Crippen LogP contribution in [0, 0.1) is 0 Å². The van der Waals surface area contributed by atoms with Gasteiger partial charge < -0.3 is 10.2 Å². The van der Waals surface area contributed by atoms with Crippen LogP contribution in [0.4, 0.5) is 0 Å². The number of aromatic nitrogens is 2. The molecule has 1 aromatic heterocycles. The zero-order valence-corrected chi connectivity index (χ0v) is 8.16. The lowest BCUT2D eigenvalue weighted by atomic mass is 10.1. The Morgan fingerprint density at radius 1 is 1.19 bits per heavy atom. The van der Waals surface area contributed by atoms with Crippen molar-refractivity contribution in [1.29, 1.82) is 0 Å². The van der Waals surface area contributed by atoms with Crippen molar-refractivity contribution in [1.82, 2.24) is 9.97 Å². The van der Waals surface area contributed by atoms with Gasteiger partial charge in [-0.3, -0.25) is 0 Å². The van der Waals surface area contributed by atoms with Crippen LogP contribution in [-0.4, -0.2) is 26.2 Å². The molecule has 16 heavy (non-hydrogen) atoms. The molecule has 1 aromatic carbocycles. The van der Waals surface area contributed by atoms with Gasteiger partial charge in [0.25, 0.3) is 0 Å². The average molecular weight is 216 g/mol. The van der Waals surface area contributed by atoms with E-state index in [9.17, 15) is 4.79 Å². The molecule has 0 unspecified atom stereocenters. The first kappa shape index (κ1) is 10.1. The predicted molar refractivity (Wildman–Crippen MR) is 56.1 cm³/mol. The third-order valence-corrected chi connectivity index (χ3v) is 2.06. The number of hydrogen-bond acceptors (Lipinski definition) is 4. The highest BCUT2D eigenvalue weighted by Crippen LogP contribution is 2.22. The van der Waals surface area contributed by atoms with Gasteiger partial charge in [0.05, 0.1) is 0 Å². The Hall–Kier alpha value is -2.43. The third-order valence-electron chi connectivity index (χ3n) is 2.06. The number of aromatic hydroxyl groups is 1. The summed E-state index contributed by atoms with van der Waals surface area (Å²) in [6.07, 6.45) is 1.29. The first-order valence-corrected chi connectivity index (χ1v) is 4.53.